The molecule has 0 atom stereocenters. The van der Waals surface area contributed by atoms with Gasteiger partial charge < -0.3 is 24.3 Å². The van der Waals surface area contributed by atoms with Crippen molar-refractivity contribution < 1.29 is 97.9 Å². The molecule has 1 fully saturated rings. The van der Waals surface area contributed by atoms with Crippen LogP contribution in [0.4, 0.5) is 4.79 Å². The molecule has 0 aromatic carbocycles. The van der Waals surface area contributed by atoms with Gasteiger partial charge in [-0.1, -0.05) is 0 Å². The molecular formula is C12H18CsNO6. The predicted octanol–water partition coefficient (Wildman–Crippen LogP) is -3.32. The number of likely N-dealkylation sites (tertiary alicyclic amines) is 1. The third-order valence-corrected chi connectivity index (χ3v) is 2.53. The van der Waals surface area contributed by atoms with E-state index in [4.69, 9.17) is 9.47 Å². The van der Waals surface area contributed by atoms with E-state index in [9.17, 15) is 19.5 Å². The van der Waals surface area contributed by atoms with Crippen molar-refractivity contribution in [2.24, 2.45) is 0 Å². The van der Waals surface area contributed by atoms with Crippen LogP contribution < -0.4 is 74.0 Å². The summed E-state index contributed by atoms with van der Waals surface area (Å²) in [5.74, 6) is -3.22. The zero-order valence-corrected chi connectivity index (χ0v) is 18.6. The van der Waals surface area contributed by atoms with Crippen molar-refractivity contribution >= 4 is 18.0 Å². The van der Waals surface area contributed by atoms with E-state index in [0.29, 0.717) is 25.9 Å². The fourth-order valence-electron chi connectivity index (χ4n) is 1.68. The molecular weight excluding hydrogens is 387 g/mol. The van der Waals surface area contributed by atoms with Crippen LogP contribution in [-0.2, 0) is 19.1 Å². The summed E-state index contributed by atoms with van der Waals surface area (Å²) >= 11 is 0. The molecule has 0 N–H and O–H groups in total. The van der Waals surface area contributed by atoms with Crippen LogP contribution in [0.15, 0.2) is 0 Å². The Hall–Kier alpha value is 0.262. The van der Waals surface area contributed by atoms with Crippen LogP contribution >= 0.6 is 0 Å². The molecule has 0 spiro atoms. The standard InChI is InChI=1S/C12H19NO6.Cs/c1-12(2,3)19-11(17)13-6-4-8(5-7-13)18-10(16)9(14)15;/h8H,4-7H2,1-3H3,(H,14,15);/q;+1/p-1. The number of carbonyl (C=O) groups is 3. The first-order valence-electron chi connectivity index (χ1n) is 6.09. The number of ether oxygens (including phenoxy) is 2. The van der Waals surface area contributed by atoms with Crippen molar-refractivity contribution in [2.75, 3.05) is 13.1 Å². The Morgan fingerprint density at radius 1 is 1.15 bits per heavy atom. The molecule has 1 aliphatic rings. The van der Waals surface area contributed by atoms with Crippen molar-refractivity contribution in [3.05, 3.63) is 0 Å². The Kier molecular flexibility index (Phi) is 8.76. The van der Waals surface area contributed by atoms with Gasteiger partial charge >= 0.3 is 81.0 Å². The summed E-state index contributed by atoms with van der Waals surface area (Å²) in [5, 5.41) is 10.2. The summed E-state index contributed by atoms with van der Waals surface area (Å²) in [6, 6.07) is 0. The fraction of sp³-hybridized carbons (Fsp3) is 0.750. The van der Waals surface area contributed by atoms with Gasteiger partial charge in [-0.15, -0.1) is 0 Å². The van der Waals surface area contributed by atoms with Crippen LogP contribution in [0.25, 0.3) is 0 Å². The van der Waals surface area contributed by atoms with Gasteiger partial charge in [-0.25, -0.2) is 9.59 Å². The number of carbonyl (C=O) groups excluding carboxylic acids is 3. The summed E-state index contributed by atoms with van der Waals surface area (Å²) in [7, 11) is 0. The molecule has 108 valence electrons. The Labute approximate surface area is 176 Å². The molecule has 1 rings (SSSR count). The van der Waals surface area contributed by atoms with Crippen LogP contribution in [0.3, 0.4) is 0 Å². The molecule has 0 saturated carbocycles. The van der Waals surface area contributed by atoms with Gasteiger partial charge in [0.2, 0.25) is 0 Å². The van der Waals surface area contributed by atoms with Gasteiger partial charge in [0.25, 0.3) is 0 Å². The Morgan fingerprint density at radius 3 is 2.05 bits per heavy atom. The third-order valence-electron chi connectivity index (χ3n) is 2.53. The Balaban J connectivity index is 0.00000361. The van der Waals surface area contributed by atoms with E-state index in [2.05, 4.69) is 0 Å². The molecule has 7 nitrogen and oxygen atoms in total. The average Bonchev–Trinajstić information content (AvgIpc) is 2.27. The van der Waals surface area contributed by atoms with Crippen LogP contribution in [0.5, 0.6) is 0 Å². The first kappa shape index (κ1) is 20.3. The van der Waals surface area contributed by atoms with E-state index in [1.54, 1.807) is 20.8 Å². The zero-order valence-electron chi connectivity index (χ0n) is 12.3. The van der Waals surface area contributed by atoms with E-state index in [1.165, 1.54) is 4.90 Å². The van der Waals surface area contributed by atoms with Crippen LogP contribution in [0.1, 0.15) is 33.6 Å². The minimum absolute atomic E-state index is 0. The second-order valence-electron chi connectivity index (χ2n) is 5.36. The first-order valence-corrected chi connectivity index (χ1v) is 6.09. The van der Waals surface area contributed by atoms with Crippen molar-refractivity contribution in [3.8, 4) is 0 Å². The van der Waals surface area contributed by atoms with Gasteiger partial charge in [0.1, 0.15) is 11.7 Å². The number of carboxylic acid groups (broad SMARTS) is 1. The molecule has 20 heavy (non-hydrogen) atoms. The summed E-state index contributed by atoms with van der Waals surface area (Å²) in [4.78, 5) is 34.3. The number of rotatable bonds is 1. The summed E-state index contributed by atoms with van der Waals surface area (Å²) in [6.07, 6.45) is -0.141. The molecule has 0 radical (unpaired) electrons. The third kappa shape index (κ3) is 7.32. The van der Waals surface area contributed by atoms with Crippen molar-refractivity contribution in [1.82, 2.24) is 4.90 Å². The second kappa shape index (κ2) is 8.64. The molecule has 1 saturated heterocycles. The minimum Gasteiger partial charge on any atom is -0.539 e. The van der Waals surface area contributed by atoms with Gasteiger partial charge in [-0.2, -0.15) is 0 Å². The van der Waals surface area contributed by atoms with Crippen molar-refractivity contribution in [1.29, 1.82) is 0 Å². The van der Waals surface area contributed by atoms with Gasteiger partial charge in [0.15, 0.2) is 5.97 Å². The molecule has 0 aromatic heterocycles. The molecule has 8 heteroatoms. The van der Waals surface area contributed by atoms with E-state index in [-0.39, 0.29) is 68.9 Å². The number of piperidine rings is 1. The van der Waals surface area contributed by atoms with Gasteiger partial charge in [-0.3, -0.25) is 0 Å². The average molecular weight is 405 g/mol. The van der Waals surface area contributed by atoms with E-state index >= 15 is 0 Å². The van der Waals surface area contributed by atoms with Gasteiger partial charge in [0.05, 0.1) is 0 Å². The topological polar surface area (TPSA) is 96.0 Å². The smallest absolute Gasteiger partial charge is 0.539 e. The summed E-state index contributed by atoms with van der Waals surface area (Å²) < 4.78 is 9.91. The fourth-order valence-corrected chi connectivity index (χ4v) is 1.68. The number of nitrogens with zero attached hydrogens (tertiary/aromatic N) is 1. The Bertz CT molecular complexity index is 371. The number of carboxylic acids is 1. The number of aliphatic carboxylic acids is 1. The van der Waals surface area contributed by atoms with Crippen LogP contribution in [0.2, 0.25) is 0 Å². The molecule has 0 aromatic rings. The minimum atomic E-state index is -1.85. The normalized spacial score (nSPS) is 16.1. The maximum Gasteiger partial charge on any atom is 1.00 e. The maximum atomic E-state index is 11.7. The zero-order chi connectivity index (χ0) is 14.6. The van der Waals surface area contributed by atoms with Crippen LogP contribution in [-0.4, -0.2) is 47.7 Å². The SMILES string of the molecule is CC(C)(C)OC(=O)N1CCC(OC(=O)C(=O)[O-])CC1.[Cs+]. The molecule has 1 aliphatic heterocycles. The van der Waals surface area contributed by atoms with Gasteiger partial charge in [-0.05, 0) is 20.8 Å². The number of esters is 1. The molecule has 0 bridgehead atoms. The maximum absolute atomic E-state index is 11.7. The Morgan fingerprint density at radius 2 is 1.65 bits per heavy atom. The van der Waals surface area contributed by atoms with E-state index in [1.807, 2.05) is 0 Å². The largest absolute Gasteiger partial charge is 1.00 e. The monoisotopic (exact) mass is 405 g/mol. The number of hydrogen-bond donors (Lipinski definition) is 0. The molecule has 1 amide bonds. The molecule has 0 unspecified atom stereocenters. The quantitative estimate of drug-likeness (QED) is 0.335. The first-order chi connectivity index (χ1) is 8.69. The van der Waals surface area contributed by atoms with Crippen LogP contribution in [0, 0.1) is 0 Å². The summed E-state index contributed by atoms with van der Waals surface area (Å²) in [6.45, 7) is 6.05. The van der Waals surface area contributed by atoms with Gasteiger partial charge in [0, 0.05) is 25.9 Å². The van der Waals surface area contributed by atoms with E-state index in [0.717, 1.165) is 0 Å². The van der Waals surface area contributed by atoms with E-state index < -0.39 is 29.7 Å². The number of amides is 1. The second-order valence-corrected chi connectivity index (χ2v) is 5.36. The molecule has 1 heterocycles. The molecule has 0 aliphatic carbocycles. The number of hydrogen-bond acceptors (Lipinski definition) is 6. The van der Waals surface area contributed by atoms with Crippen molar-refractivity contribution in [3.63, 3.8) is 0 Å². The van der Waals surface area contributed by atoms with Crippen molar-refractivity contribution in [2.45, 2.75) is 45.3 Å². The summed E-state index contributed by atoms with van der Waals surface area (Å²) in [5.41, 5.74) is -0.560. The predicted molar refractivity (Wildman–Crippen MR) is 61.9 cm³/mol.